The van der Waals surface area contributed by atoms with Crippen LogP contribution in [-0.2, 0) is 22.6 Å². The van der Waals surface area contributed by atoms with Crippen LogP contribution in [0.15, 0.2) is 10.9 Å². The van der Waals surface area contributed by atoms with Crippen molar-refractivity contribution >= 4 is 22.3 Å². The van der Waals surface area contributed by atoms with Gasteiger partial charge in [0.15, 0.2) is 0 Å². The molecule has 0 bridgehead atoms. The largest absolute Gasteiger partial charge is 0.459 e. The van der Waals surface area contributed by atoms with E-state index in [1.165, 1.54) is 21.9 Å². The zero-order valence-corrected chi connectivity index (χ0v) is 12.7. The second-order valence-electron chi connectivity index (χ2n) is 5.22. The van der Waals surface area contributed by atoms with Gasteiger partial charge in [0.2, 0.25) is 4.96 Å². The number of esters is 1. The Hall–Kier alpha value is -1.76. The standard InChI is InChI=1S/C14H17N3O3S/c1-2-11-16-17-12(18)7-10(15-14(17)21-11)8-20-13(19)9-5-3-4-6-9/h7,9H,2-6,8H2,1H3. The van der Waals surface area contributed by atoms with E-state index in [1.54, 1.807) is 0 Å². The number of rotatable bonds is 4. The minimum atomic E-state index is -0.233. The van der Waals surface area contributed by atoms with Gasteiger partial charge in [-0.1, -0.05) is 31.1 Å². The van der Waals surface area contributed by atoms with Gasteiger partial charge in [0, 0.05) is 6.07 Å². The summed E-state index contributed by atoms with van der Waals surface area (Å²) in [6.07, 6.45) is 4.75. The van der Waals surface area contributed by atoms with Gasteiger partial charge in [0.1, 0.15) is 11.6 Å². The number of hydrogen-bond donors (Lipinski definition) is 0. The lowest BCUT2D eigenvalue weighted by molar-refractivity contribution is -0.149. The molecule has 1 fully saturated rings. The van der Waals surface area contributed by atoms with E-state index in [1.807, 2.05) is 6.92 Å². The molecule has 0 aromatic carbocycles. The van der Waals surface area contributed by atoms with Gasteiger partial charge in [0.25, 0.3) is 5.56 Å². The van der Waals surface area contributed by atoms with Crippen molar-refractivity contribution in [2.75, 3.05) is 0 Å². The van der Waals surface area contributed by atoms with Crippen molar-refractivity contribution in [2.24, 2.45) is 5.92 Å². The second kappa shape index (κ2) is 5.93. The molecule has 0 spiro atoms. The van der Waals surface area contributed by atoms with E-state index < -0.39 is 0 Å². The molecule has 1 saturated carbocycles. The van der Waals surface area contributed by atoms with Crippen molar-refractivity contribution < 1.29 is 9.53 Å². The molecule has 1 aliphatic carbocycles. The smallest absolute Gasteiger partial charge is 0.309 e. The van der Waals surface area contributed by atoms with Crippen LogP contribution >= 0.6 is 11.3 Å². The Balaban J connectivity index is 1.74. The molecule has 2 aromatic heterocycles. The van der Waals surface area contributed by atoms with Crippen molar-refractivity contribution in [1.82, 2.24) is 14.6 Å². The topological polar surface area (TPSA) is 73.6 Å². The van der Waals surface area contributed by atoms with E-state index in [2.05, 4.69) is 10.1 Å². The highest BCUT2D eigenvalue weighted by molar-refractivity contribution is 7.16. The van der Waals surface area contributed by atoms with Crippen molar-refractivity contribution in [3.8, 4) is 0 Å². The van der Waals surface area contributed by atoms with Gasteiger partial charge in [-0.2, -0.15) is 9.61 Å². The van der Waals surface area contributed by atoms with Gasteiger partial charge in [0.05, 0.1) is 11.6 Å². The van der Waals surface area contributed by atoms with Crippen LogP contribution in [0.3, 0.4) is 0 Å². The van der Waals surface area contributed by atoms with E-state index in [-0.39, 0.29) is 24.1 Å². The molecule has 1 aliphatic rings. The van der Waals surface area contributed by atoms with E-state index in [9.17, 15) is 9.59 Å². The molecule has 3 rings (SSSR count). The summed E-state index contributed by atoms with van der Waals surface area (Å²) in [5.41, 5.74) is 0.250. The molecule has 0 amide bonds. The Bertz CT molecular complexity index is 716. The molecule has 0 aliphatic heterocycles. The van der Waals surface area contributed by atoms with Crippen LogP contribution in [0.2, 0.25) is 0 Å². The van der Waals surface area contributed by atoms with Crippen LogP contribution < -0.4 is 5.56 Å². The molecule has 0 saturated heterocycles. The van der Waals surface area contributed by atoms with Gasteiger partial charge in [-0.3, -0.25) is 9.59 Å². The van der Waals surface area contributed by atoms with Gasteiger partial charge < -0.3 is 4.74 Å². The summed E-state index contributed by atoms with van der Waals surface area (Å²) < 4.78 is 6.58. The predicted molar refractivity (Wildman–Crippen MR) is 78.3 cm³/mol. The Labute approximate surface area is 125 Å². The number of hydrogen-bond acceptors (Lipinski definition) is 6. The molecular weight excluding hydrogens is 290 g/mol. The zero-order chi connectivity index (χ0) is 14.8. The van der Waals surface area contributed by atoms with Crippen molar-refractivity contribution in [2.45, 2.75) is 45.6 Å². The highest BCUT2D eigenvalue weighted by Crippen LogP contribution is 2.26. The van der Waals surface area contributed by atoms with E-state index in [0.717, 1.165) is 37.1 Å². The summed E-state index contributed by atoms with van der Waals surface area (Å²) in [6, 6.07) is 1.38. The zero-order valence-electron chi connectivity index (χ0n) is 11.9. The molecule has 0 atom stereocenters. The van der Waals surface area contributed by atoms with Crippen LogP contribution in [0, 0.1) is 5.92 Å². The lowest BCUT2D eigenvalue weighted by Gasteiger charge is -2.08. The maximum Gasteiger partial charge on any atom is 0.309 e. The number of carbonyl (C=O) groups is 1. The van der Waals surface area contributed by atoms with Crippen molar-refractivity contribution in [1.29, 1.82) is 0 Å². The van der Waals surface area contributed by atoms with Crippen LogP contribution in [0.4, 0.5) is 0 Å². The second-order valence-corrected chi connectivity index (χ2v) is 6.26. The summed E-state index contributed by atoms with van der Waals surface area (Å²) in [7, 11) is 0. The Morgan fingerprint density at radius 1 is 1.48 bits per heavy atom. The van der Waals surface area contributed by atoms with Crippen molar-refractivity contribution in [3.63, 3.8) is 0 Å². The fraction of sp³-hybridized carbons (Fsp3) is 0.571. The third-order valence-electron chi connectivity index (χ3n) is 3.69. The fourth-order valence-electron chi connectivity index (χ4n) is 2.54. The highest BCUT2D eigenvalue weighted by Gasteiger charge is 2.24. The van der Waals surface area contributed by atoms with E-state index in [0.29, 0.717) is 10.7 Å². The molecule has 112 valence electrons. The first-order valence-corrected chi connectivity index (χ1v) is 8.04. The molecule has 2 heterocycles. The summed E-state index contributed by atoms with van der Waals surface area (Å²) in [4.78, 5) is 28.7. The van der Waals surface area contributed by atoms with Gasteiger partial charge >= 0.3 is 5.97 Å². The molecule has 6 nitrogen and oxygen atoms in total. The first-order valence-electron chi connectivity index (χ1n) is 7.22. The normalized spacial score (nSPS) is 15.7. The predicted octanol–water partition coefficient (Wildman–Crippen LogP) is 1.95. The summed E-state index contributed by atoms with van der Waals surface area (Å²) in [5, 5.41) is 5.04. The fourth-order valence-corrected chi connectivity index (χ4v) is 3.39. The average Bonchev–Trinajstić information content (AvgIpc) is 3.13. The number of ether oxygens (including phenoxy) is 1. The minimum Gasteiger partial charge on any atom is -0.459 e. The maximum atomic E-state index is 12.0. The molecular formula is C14H17N3O3S. The number of nitrogens with zero attached hydrogens (tertiary/aromatic N) is 3. The first kappa shape index (κ1) is 14.2. The Morgan fingerprint density at radius 2 is 2.24 bits per heavy atom. The molecule has 2 aromatic rings. The minimum absolute atomic E-state index is 0.0185. The number of fused-ring (bicyclic) bond motifs is 1. The van der Waals surface area contributed by atoms with Gasteiger partial charge in [-0.25, -0.2) is 4.98 Å². The Kier molecular flexibility index (Phi) is 4.01. The highest BCUT2D eigenvalue weighted by atomic mass is 32.1. The lowest BCUT2D eigenvalue weighted by atomic mass is 10.1. The third-order valence-corrected chi connectivity index (χ3v) is 4.75. The molecule has 0 unspecified atom stereocenters. The average molecular weight is 307 g/mol. The molecule has 7 heteroatoms. The van der Waals surface area contributed by atoms with E-state index in [4.69, 9.17) is 4.74 Å². The maximum absolute atomic E-state index is 12.0. The summed E-state index contributed by atoms with van der Waals surface area (Å²) in [6.45, 7) is 2.04. The molecule has 0 radical (unpaired) electrons. The number of aromatic nitrogens is 3. The van der Waals surface area contributed by atoms with Crippen LogP contribution in [0.1, 0.15) is 43.3 Å². The molecule has 21 heavy (non-hydrogen) atoms. The molecule has 0 N–H and O–H groups in total. The SMILES string of the molecule is CCc1nn2c(=O)cc(COC(=O)C3CCCC3)nc2s1. The Morgan fingerprint density at radius 3 is 2.95 bits per heavy atom. The first-order chi connectivity index (χ1) is 10.2. The van der Waals surface area contributed by atoms with Crippen LogP contribution in [0.5, 0.6) is 0 Å². The van der Waals surface area contributed by atoms with Crippen molar-refractivity contribution in [3.05, 3.63) is 27.1 Å². The third kappa shape index (κ3) is 2.97. The monoisotopic (exact) mass is 307 g/mol. The summed E-state index contributed by atoms with van der Waals surface area (Å²) in [5.74, 6) is -0.155. The van der Waals surface area contributed by atoms with Gasteiger partial charge in [-0.15, -0.1) is 0 Å². The number of carbonyl (C=O) groups excluding carboxylic acids is 1. The lowest BCUT2D eigenvalue weighted by Crippen LogP contribution is -2.18. The number of aryl methyl sites for hydroxylation is 1. The van der Waals surface area contributed by atoms with Gasteiger partial charge in [-0.05, 0) is 19.3 Å². The summed E-state index contributed by atoms with van der Waals surface area (Å²) >= 11 is 1.39. The van der Waals surface area contributed by atoms with Crippen LogP contribution in [0.25, 0.3) is 4.96 Å². The quantitative estimate of drug-likeness (QED) is 0.807. The van der Waals surface area contributed by atoms with E-state index >= 15 is 0 Å². The van der Waals surface area contributed by atoms with Crippen LogP contribution in [-0.4, -0.2) is 20.6 Å².